The molecule has 8 heteroatoms. The number of carbonyl (C=O) groups is 1. The van der Waals surface area contributed by atoms with Gasteiger partial charge in [-0.25, -0.2) is 9.78 Å². The topological polar surface area (TPSA) is 96.0 Å². The maximum absolute atomic E-state index is 12.7. The van der Waals surface area contributed by atoms with Crippen LogP contribution in [0.25, 0.3) is 0 Å². The van der Waals surface area contributed by atoms with E-state index in [1.807, 2.05) is 6.07 Å². The fraction of sp³-hybridized carbons (Fsp3) is 0.579. The van der Waals surface area contributed by atoms with Gasteiger partial charge in [-0.1, -0.05) is 0 Å². The number of esters is 1. The number of nitrogens with one attached hydrogen (secondary N) is 2. The van der Waals surface area contributed by atoms with E-state index in [2.05, 4.69) is 30.2 Å². The Morgan fingerprint density at radius 3 is 3.15 bits per heavy atom. The molecule has 0 aromatic carbocycles. The van der Waals surface area contributed by atoms with Crippen molar-refractivity contribution in [2.75, 3.05) is 23.8 Å². The van der Waals surface area contributed by atoms with Crippen LogP contribution in [-0.2, 0) is 22.4 Å². The van der Waals surface area contributed by atoms with Crippen LogP contribution in [0.3, 0.4) is 0 Å². The smallest absolute Gasteiger partial charge is 0.328 e. The van der Waals surface area contributed by atoms with Crippen molar-refractivity contribution in [3.05, 3.63) is 23.0 Å². The summed E-state index contributed by atoms with van der Waals surface area (Å²) in [6.45, 7) is -3.15. The van der Waals surface area contributed by atoms with Crippen LogP contribution in [-0.4, -0.2) is 45.8 Å². The average molecular weight is 375 g/mol. The molecule has 3 heterocycles. The van der Waals surface area contributed by atoms with E-state index >= 15 is 0 Å². The molecule has 8 nitrogen and oxygen atoms in total. The van der Waals surface area contributed by atoms with Crippen LogP contribution in [0.1, 0.15) is 64.5 Å². The van der Waals surface area contributed by atoms with Gasteiger partial charge >= 0.3 is 5.97 Å². The van der Waals surface area contributed by atoms with E-state index in [1.54, 1.807) is 0 Å². The molecular formula is C19H24N6O2. The lowest BCUT2D eigenvalue weighted by atomic mass is 10.2. The van der Waals surface area contributed by atoms with Gasteiger partial charge in [-0.3, -0.25) is 5.10 Å². The summed E-state index contributed by atoms with van der Waals surface area (Å²) in [4.78, 5) is 21.8. The van der Waals surface area contributed by atoms with Crippen LogP contribution >= 0.6 is 0 Å². The summed E-state index contributed by atoms with van der Waals surface area (Å²) < 4.78 is 63.2. The maximum Gasteiger partial charge on any atom is 0.328 e. The first-order valence-electron chi connectivity index (χ1n) is 12.5. The molecule has 5 rings (SSSR count). The molecule has 0 amide bonds. The van der Waals surface area contributed by atoms with E-state index in [1.165, 1.54) is 0 Å². The van der Waals surface area contributed by atoms with Gasteiger partial charge in [0.15, 0.2) is 5.82 Å². The molecule has 2 N–H and O–H groups in total. The van der Waals surface area contributed by atoms with E-state index in [0.717, 1.165) is 37.6 Å². The summed E-state index contributed by atoms with van der Waals surface area (Å²) in [6, 6.07) is -1.26. The molecule has 1 unspecified atom stereocenters. The van der Waals surface area contributed by atoms with Crippen molar-refractivity contribution in [1.29, 1.82) is 0 Å². The van der Waals surface area contributed by atoms with Gasteiger partial charge in [0.05, 0.1) is 14.2 Å². The van der Waals surface area contributed by atoms with E-state index in [0.29, 0.717) is 41.0 Å². The molecule has 2 aliphatic carbocycles. The second-order valence-electron chi connectivity index (χ2n) is 6.80. The molecule has 1 saturated carbocycles. The molecule has 142 valence electrons. The predicted molar refractivity (Wildman–Crippen MR) is 100 cm³/mol. The number of ether oxygens (including phenoxy) is 1. The lowest BCUT2D eigenvalue weighted by Crippen LogP contribution is -2.38. The first kappa shape index (κ1) is 10.6. The van der Waals surface area contributed by atoms with Crippen molar-refractivity contribution in [3.8, 4) is 0 Å². The maximum atomic E-state index is 12.7. The number of methoxy groups -OCH3 is 1. The van der Waals surface area contributed by atoms with Gasteiger partial charge in [-0.2, -0.15) is 10.1 Å². The first-order valence-corrected chi connectivity index (χ1v) is 8.97. The van der Waals surface area contributed by atoms with Gasteiger partial charge in [0.2, 0.25) is 5.95 Å². The Bertz CT molecular complexity index is 1170. The Labute approximate surface area is 167 Å². The summed E-state index contributed by atoms with van der Waals surface area (Å²) in [5.74, 6) is -0.706. The minimum Gasteiger partial charge on any atom is -0.467 e. The minimum atomic E-state index is -3.30. The molecule has 1 atom stereocenters. The van der Waals surface area contributed by atoms with E-state index in [-0.39, 0.29) is 0 Å². The third kappa shape index (κ3) is 3.02. The summed E-state index contributed by atoms with van der Waals surface area (Å²) in [5.41, 5.74) is 2.32. The largest absolute Gasteiger partial charge is 0.467 e. The first-order chi connectivity index (χ1) is 15.9. The van der Waals surface area contributed by atoms with E-state index in [4.69, 9.17) is 9.60 Å². The lowest BCUT2D eigenvalue weighted by Gasteiger charge is -2.24. The van der Waals surface area contributed by atoms with Gasteiger partial charge in [0, 0.05) is 38.0 Å². The molecule has 1 aliphatic heterocycles. The Morgan fingerprint density at radius 2 is 2.33 bits per heavy atom. The molecule has 1 saturated heterocycles. The number of carbonyl (C=O) groups excluding carboxylic acids is 1. The highest BCUT2D eigenvalue weighted by molar-refractivity contribution is 5.80. The highest BCUT2D eigenvalue weighted by Crippen LogP contribution is 2.40. The van der Waals surface area contributed by atoms with Crippen LogP contribution < -0.4 is 10.2 Å². The Kier molecular flexibility index (Phi) is 2.56. The zero-order valence-electron chi connectivity index (χ0n) is 21.8. The monoisotopic (exact) mass is 375 g/mol. The van der Waals surface area contributed by atoms with Gasteiger partial charge in [0.1, 0.15) is 11.8 Å². The second-order valence-corrected chi connectivity index (χ2v) is 6.80. The number of fused-ring (bicyclic) bond motifs is 1. The quantitative estimate of drug-likeness (QED) is 0.775. The number of aromatic amines is 1. The number of rotatable bonds is 5. The van der Waals surface area contributed by atoms with Gasteiger partial charge in [0.25, 0.3) is 0 Å². The summed E-state index contributed by atoms with van der Waals surface area (Å²) in [6.07, 6.45) is -2.46. The van der Waals surface area contributed by atoms with Crippen molar-refractivity contribution in [3.63, 3.8) is 0 Å². The number of hydrogen-bond donors (Lipinski definition) is 2. The number of aromatic nitrogens is 4. The van der Waals surface area contributed by atoms with Crippen LogP contribution in [0.5, 0.6) is 0 Å². The van der Waals surface area contributed by atoms with Crippen molar-refractivity contribution in [2.45, 2.75) is 56.8 Å². The molecule has 2 fully saturated rings. The zero-order chi connectivity index (χ0) is 24.7. The Hall–Kier alpha value is -2.64. The fourth-order valence-corrected chi connectivity index (χ4v) is 3.39. The number of nitrogens with zero attached hydrogens (tertiary/aromatic N) is 4. The molecule has 0 radical (unpaired) electrons. The summed E-state index contributed by atoms with van der Waals surface area (Å²) in [5, 5.41) is 10.3. The molecule has 2 aromatic heterocycles. The Balaban J connectivity index is 1.64. The third-order valence-electron chi connectivity index (χ3n) is 4.93. The zero-order valence-corrected chi connectivity index (χ0v) is 14.8. The van der Waals surface area contributed by atoms with E-state index in [9.17, 15) is 4.79 Å². The van der Waals surface area contributed by atoms with Crippen molar-refractivity contribution < 1.29 is 19.1 Å². The third-order valence-corrected chi connectivity index (χ3v) is 4.93. The van der Waals surface area contributed by atoms with Gasteiger partial charge < -0.3 is 15.0 Å². The predicted octanol–water partition coefficient (Wildman–Crippen LogP) is 2.45. The van der Waals surface area contributed by atoms with Gasteiger partial charge in [-0.05, 0) is 44.8 Å². The normalized spacial score (nSPS) is 33.5. The minimum absolute atomic E-state index is 0.294. The van der Waals surface area contributed by atoms with Crippen LogP contribution in [0.4, 0.5) is 17.6 Å². The van der Waals surface area contributed by atoms with Gasteiger partial charge in [-0.15, -0.1) is 0 Å². The highest BCUT2D eigenvalue weighted by atomic mass is 16.5. The molecule has 0 bridgehead atoms. The highest BCUT2D eigenvalue weighted by Gasteiger charge is 2.34. The summed E-state index contributed by atoms with van der Waals surface area (Å²) in [7, 11) is 0.932. The summed E-state index contributed by atoms with van der Waals surface area (Å²) >= 11 is 0. The molecule has 3 aliphatic rings. The number of anilines is 3. The van der Waals surface area contributed by atoms with E-state index < -0.39 is 37.2 Å². The fourth-order valence-electron chi connectivity index (χ4n) is 3.39. The molecule has 2 aromatic rings. The molecular weight excluding hydrogens is 344 g/mol. The standard InChI is InChI=1S/C19H24N6O2/c1-27-18(26)15-6-3-9-25(15)19-20-13-5-2-4-12(13)17(22-19)21-16-10-14(23-24-16)11-7-8-11/h10-11,15H,2-9H2,1H3,(H2,20,21,22,23,24)/i3D2,6D2,9D2,15D. The molecule has 0 spiro atoms. The lowest BCUT2D eigenvalue weighted by molar-refractivity contribution is -0.141. The number of H-pyrrole nitrogens is 1. The number of hydrogen-bond acceptors (Lipinski definition) is 7. The average Bonchev–Trinajstić information content (AvgIpc) is 3.30. The van der Waals surface area contributed by atoms with Crippen molar-refractivity contribution >= 4 is 23.6 Å². The van der Waals surface area contributed by atoms with Crippen LogP contribution in [0.2, 0.25) is 0 Å². The Morgan fingerprint density at radius 1 is 1.44 bits per heavy atom. The van der Waals surface area contributed by atoms with Crippen LogP contribution in [0, 0.1) is 0 Å². The SMILES string of the molecule is [2H]C1([2H])N(c2nc3c(c(Nc4cc(C5CC5)[nH]n4)n2)CCC3)C([2H])(C(=O)OC)C([2H])([2H])C1([2H])[2H]. The number of aryl methyl sites for hydroxylation is 1. The molecule has 27 heavy (non-hydrogen) atoms. The van der Waals surface area contributed by atoms with Crippen LogP contribution in [0.15, 0.2) is 6.07 Å². The van der Waals surface area contributed by atoms with Crippen molar-refractivity contribution in [1.82, 2.24) is 20.2 Å². The van der Waals surface area contributed by atoms with Crippen molar-refractivity contribution in [2.24, 2.45) is 0 Å². The second kappa shape index (κ2) is 6.51.